The molecule has 0 aromatic heterocycles. The SMILES string of the molecule is [NH]c1cc(Br)ccc1C(F)(F)F. The highest BCUT2D eigenvalue weighted by molar-refractivity contribution is 9.10. The van der Waals surface area contributed by atoms with E-state index in [-0.39, 0.29) is 0 Å². The first kappa shape index (κ1) is 9.38. The number of rotatable bonds is 0. The lowest BCUT2D eigenvalue weighted by molar-refractivity contribution is -0.137. The zero-order valence-corrected chi connectivity index (χ0v) is 7.33. The third-order valence-corrected chi connectivity index (χ3v) is 1.78. The van der Waals surface area contributed by atoms with Crippen LogP contribution < -0.4 is 5.73 Å². The minimum absolute atomic E-state index is 0.473. The number of hydrogen-bond donors (Lipinski definition) is 0. The Balaban J connectivity index is 3.19. The van der Waals surface area contributed by atoms with Crippen molar-refractivity contribution in [3.8, 4) is 0 Å². The molecule has 1 rings (SSSR count). The fraction of sp³-hybridized carbons (Fsp3) is 0.143. The van der Waals surface area contributed by atoms with Gasteiger partial charge in [0.15, 0.2) is 0 Å². The molecule has 12 heavy (non-hydrogen) atoms. The van der Waals surface area contributed by atoms with Crippen LogP contribution in [0.15, 0.2) is 22.7 Å². The lowest BCUT2D eigenvalue weighted by Gasteiger charge is -2.08. The molecule has 0 aliphatic heterocycles. The Morgan fingerprint density at radius 1 is 1.25 bits per heavy atom. The van der Waals surface area contributed by atoms with Crippen LogP contribution in [0, 0.1) is 0 Å². The smallest absolute Gasteiger partial charge is 0.300 e. The predicted octanol–water partition coefficient (Wildman–Crippen LogP) is 3.38. The summed E-state index contributed by atoms with van der Waals surface area (Å²) in [4.78, 5) is 0. The largest absolute Gasteiger partial charge is 0.418 e. The summed E-state index contributed by atoms with van der Waals surface area (Å²) in [5.41, 5.74) is 5.59. The van der Waals surface area contributed by atoms with Crippen LogP contribution in [0.4, 0.5) is 18.9 Å². The van der Waals surface area contributed by atoms with E-state index < -0.39 is 17.4 Å². The zero-order chi connectivity index (χ0) is 9.35. The summed E-state index contributed by atoms with van der Waals surface area (Å²) in [6.45, 7) is 0. The summed E-state index contributed by atoms with van der Waals surface area (Å²) in [5.74, 6) is 0. The molecule has 0 fully saturated rings. The second-order valence-corrected chi connectivity index (χ2v) is 3.10. The molecule has 1 N–H and O–H groups in total. The lowest BCUT2D eigenvalue weighted by Crippen LogP contribution is -2.05. The highest BCUT2D eigenvalue weighted by Gasteiger charge is 2.32. The van der Waals surface area contributed by atoms with Gasteiger partial charge in [-0.3, -0.25) is 0 Å². The van der Waals surface area contributed by atoms with E-state index in [1.54, 1.807) is 0 Å². The molecule has 65 valence electrons. The fourth-order valence-electron chi connectivity index (χ4n) is 0.764. The quantitative estimate of drug-likeness (QED) is 0.662. The van der Waals surface area contributed by atoms with Crippen molar-refractivity contribution < 1.29 is 13.2 Å². The molecule has 0 saturated heterocycles. The van der Waals surface area contributed by atoms with Crippen molar-refractivity contribution >= 4 is 21.6 Å². The summed E-state index contributed by atoms with van der Waals surface area (Å²) in [7, 11) is 0. The Morgan fingerprint density at radius 2 is 1.83 bits per heavy atom. The molecule has 0 atom stereocenters. The van der Waals surface area contributed by atoms with E-state index in [0.717, 1.165) is 12.1 Å². The van der Waals surface area contributed by atoms with E-state index in [9.17, 15) is 13.2 Å². The van der Waals surface area contributed by atoms with Crippen molar-refractivity contribution in [3.05, 3.63) is 28.2 Å². The van der Waals surface area contributed by atoms with Gasteiger partial charge in [0.25, 0.3) is 0 Å². The van der Waals surface area contributed by atoms with E-state index in [1.165, 1.54) is 6.07 Å². The Kier molecular flexibility index (Phi) is 2.32. The van der Waals surface area contributed by atoms with Gasteiger partial charge in [-0.1, -0.05) is 15.9 Å². The number of nitrogens with one attached hydrogen (secondary N) is 1. The Labute approximate surface area is 75.5 Å². The van der Waals surface area contributed by atoms with E-state index in [2.05, 4.69) is 15.9 Å². The van der Waals surface area contributed by atoms with Crippen LogP contribution in [0.25, 0.3) is 0 Å². The van der Waals surface area contributed by atoms with E-state index in [4.69, 9.17) is 5.73 Å². The van der Waals surface area contributed by atoms with Gasteiger partial charge in [0.2, 0.25) is 0 Å². The maximum atomic E-state index is 12.0. The second-order valence-electron chi connectivity index (χ2n) is 2.19. The summed E-state index contributed by atoms with van der Waals surface area (Å²) >= 11 is 2.98. The predicted molar refractivity (Wildman–Crippen MR) is 41.9 cm³/mol. The van der Waals surface area contributed by atoms with Gasteiger partial charge in [0.05, 0.1) is 11.3 Å². The fourth-order valence-corrected chi connectivity index (χ4v) is 1.12. The normalized spacial score (nSPS) is 11.7. The lowest BCUT2D eigenvalue weighted by atomic mass is 10.2. The van der Waals surface area contributed by atoms with E-state index in [1.807, 2.05) is 0 Å². The maximum Gasteiger partial charge on any atom is 0.418 e. The maximum absolute atomic E-state index is 12.0. The van der Waals surface area contributed by atoms with Gasteiger partial charge in [-0.15, -0.1) is 0 Å². The molecular weight excluding hydrogens is 235 g/mol. The average molecular weight is 239 g/mol. The molecule has 0 saturated carbocycles. The molecule has 0 heterocycles. The number of hydrogen-bond acceptors (Lipinski definition) is 0. The number of halogens is 4. The summed E-state index contributed by atoms with van der Waals surface area (Å²) in [5, 5.41) is 0. The van der Waals surface area contributed by atoms with Crippen LogP contribution in [0.3, 0.4) is 0 Å². The zero-order valence-electron chi connectivity index (χ0n) is 5.74. The molecule has 1 nitrogen and oxygen atoms in total. The Bertz CT molecular complexity index is 295. The van der Waals surface area contributed by atoms with Gasteiger partial charge in [-0.2, -0.15) is 13.2 Å². The molecule has 0 amide bonds. The number of alkyl halides is 3. The first-order valence-electron chi connectivity index (χ1n) is 2.99. The van der Waals surface area contributed by atoms with Crippen molar-refractivity contribution in [2.45, 2.75) is 6.18 Å². The highest BCUT2D eigenvalue weighted by Crippen LogP contribution is 2.35. The van der Waals surface area contributed by atoms with Crippen molar-refractivity contribution in [3.63, 3.8) is 0 Å². The van der Waals surface area contributed by atoms with E-state index in [0.29, 0.717) is 4.47 Å². The highest BCUT2D eigenvalue weighted by atomic mass is 79.9. The minimum atomic E-state index is -4.43. The van der Waals surface area contributed by atoms with Crippen molar-refractivity contribution in [2.24, 2.45) is 0 Å². The molecular formula is C7H4BrF3N. The van der Waals surface area contributed by atoms with Gasteiger partial charge >= 0.3 is 6.18 Å². The Morgan fingerprint density at radius 3 is 2.25 bits per heavy atom. The van der Waals surface area contributed by atoms with Crippen molar-refractivity contribution in [2.75, 3.05) is 0 Å². The van der Waals surface area contributed by atoms with Gasteiger partial charge < -0.3 is 5.73 Å². The van der Waals surface area contributed by atoms with Gasteiger partial charge in [0, 0.05) is 4.47 Å². The van der Waals surface area contributed by atoms with Gasteiger partial charge in [0.1, 0.15) is 0 Å². The second kappa shape index (κ2) is 2.97. The van der Waals surface area contributed by atoms with Crippen LogP contribution in [0.2, 0.25) is 0 Å². The van der Waals surface area contributed by atoms with Crippen LogP contribution in [0.5, 0.6) is 0 Å². The number of benzene rings is 1. The summed E-state index contributed by atoms with van der Waals surface area (Å²) in [6, 6.07) is 3.26. The van der Waals surface area contributed by atoms with Crippen LogP contribution >= 0.6 is 15.9 Å². The monoisotopic (exact) mass is 238 g/mol. The molecule has 0 aliphatic carbocycles. The molecule has 0 unspecified atom stereocenters. The van der Waals surface area contributed by atoms with Crippen LogP contribution in [0.1, 0.15) is 5.56 Å². The van der Waals surface area contributed by atoms with Gasteiger partial charge in [-0.05, 0) is 18.2 Å². The standard InChI is InChI=1S/C7H4BrF3N/c8-4-1-2-5(6(12)3-4)7(9,10)11/h1-3,12H. The van der Waals surface area contributed by atoms with Crippen molar-refractivity contribution in [1.82, 2.24) is 5.73 Å². The van der Waals surface area contributed by atoms with Crippen LogP contribution in [-0.2, 0) is 6.18 Å². The van der Waals surface area contributed by atoms with E-state index >= 15 is 0 Å². The molecule has 5 heteroatoms. The third-order valence-electron chi connectivity index (χ3n) is 1.29. The molecule has 1 radical (unpaired) electrons. The first-order valence-corrected chi connectivity index (χ1v) is 3.79. The van der Waals surface area contributed by atoms with Gasteiger partial charge in [-0.25, -0.2) is 0 Å². The average Bonchev–Trinajstić information content (AvgIpc) is 1.83. The molecule has 0 aliphatic rings. The molecule has 1 aromatic carbocycles. The Hall–Kier alpha value is -0.710. The summed E-state index contributed by atoms with van der Waals surface area (Å²) in [6.07, 6.45) is -4.43. The minimum Gasteiger partial charge on any atom is -0.300 e. The third kappa shape index (κ3) is 1.91. The molecule has 1 aromatic rings. The molecule has 0 spiro atoms. The summed E-state index contributed by atoms with van der Waals surface area (Å²) < 4.78 is 36.6. The molecule has 0 bridgehead atoms. The first-order chi connectivity index (χ1) is 5.41. The topological polar surface area (TPSA) is 23.8 Å². The van der Waals surface area contributed by atoms with Crippen LogP contribution in [-0.4, -0.2) is 0 Å². The van der Waals surface area contributed by atoms with Crippen molar-refractivity contribution in [1.29, 1.82) is 0 Å².